The highest BCUT2D eigenvalue weighted by Gasteiger charge is 2.21. The maximum Gasteiger partial charge on any atom is 0.290 e. The summed E-state index contributed by atoms with van der Waals surface area (Å²) >= 11 is 9.71. The van der Waals surface area contributed by atoms with Gasteiger partial charge in [-0.15, -0.1) is 11.3 Å². The van der Waals surface area contributed by atoms with Crippen molar-refractivity contribution < 1.29 is 4.79 Å². The van der Waals surface area contributed by atoms with E-state index in [2.05, 4.69) is 41.9 Å². The summed E-state index contributed by atoms with van der Waals surface area (Å²) in [7, 11) is 0. The molecule has 0 aliphatic rings. The van der Waals surface area contributed by atoms with Crippen LogP contribution in [-0.4, -0.2) is 17.1 Å². The molecule has 0 unspecified atom stereocenters. The predicted molar refractivity (Wildman–Crippen MR) is 120 cm³/mol. The van der Waals surface area contributed by atoms with Crippen LogP contribution in [0.25, 0.3) is 10.2 Å². The van der Waals surface area contributed by atoms with Crippen LogP contribution in [0.1, 0.15) is 15.2 Å². The average Bonchev–Trinajstić information content (AvgIpc) is 3.32. The number of fused-ring (bicyclic) bond motifs is 1. The minimum atomic E-state index is -0.198. The number of rotatable bonds is 4. The molecule has 0 saturated carbocycles. The molecule has 2 aromatic heterocycles. The zero-order valence-electron chi connectivity index (χ0n) is 13.7. The maximum absolute atomic E-state index is 13.0. The van der Waals surface area contributed by atoms with Gasteiger partial charge in [-0.25, -0.2) is 4.98 Å². The lowest BCUT2D eigenvalue weighted by Crippen LogP contribution is -2.24. The Kier molecular flexibility index (Phi) is 5.49. The zero-order chi connectivity index (χ0) is 18.8. The number of nitrogens with zero attached hydrogens (tertiary/aromatic N) is 3. The summed E-state index contributed by atoms with van der Waals surface area (Å²) in [5.74, 6) is -0.198. The number of carbonyl (C=O) groups excluding carboxylic acids is 1. The fourth-order valence-corrected chi connectivity index (χ4v) is 4.73. The van der Waals surface area contributed by atoms with Crippen molar-refractivity contribution in [1.29, 1.82) is 0 Å². The molecule has 27 heavy (non-hydrogen) atoms. The molecule has 0 aliphatic heterocycles. The van der Waals surface area contributed by atoms with Crippen LogP contribution in [0.2, 0.25) is 0 Å². The van der Waals surface area contributed by atoms with Crippen molar-refractivity contribution in [1.82, 2.24) is 4.98 Å². The maximum atomic E-state index is 13.0. The van der Waals surface area contributed by atoms with Crippen LogP contribution in [-0.2, 0) is 0 Å². The van der Waals surface area contributed by atoms with E-state index in [9.17, 15) is 4.79 Å². The Morgan fingerprint density at radius 1 is 1.07 bits per heavy atom. The molecule has 0 aliphatic carbocycles. The molecule has 0 spiro atoms. The largest absolute Gasteiger partial charge is 0.290 e. The minimum Gasteiger partial charge on any atom is -0.266 e. The molecule has 2 aromatic carbocycles. The fraction of sp³-hybridized carbons (Fsp3) is 0. The Morgan fingerprint density at radius 3 is 2.59 bits per heavy atom. The van der Waals surface area contributed by atoms with Crippen molar-refractivity contribution in [3.8, 4) is 0 Å². The highest BCUT2D eigenvalue weighted by atomic mass is 79.9. The van der Waals surface area contributed by atoms with E-state index in [0.717, 1.165) is 24.7 Å². The highest BCUT2D eigenvalue weighted by molar-refractivity contribution is 9.10. The van der Waals surface area contributed by atoms with Gasteiger partial charge >= 0.3 is 0 Å². The molecule has 4 aromatic rings. The van der Waals surface area contributed by atoms with Gasteiger partial charge in [-0.2, -0.15) is 10.1 Å². The standard InChI is InChI=1S/C19H11Br2N3OS2/c20-13-5-3-12(4-6-13)11-22-24(18(25)16-2-1-9-26-16)19-23-15-8-7-14(21)10-17(15)27-19/h1-11H/b22-11+. The van der Waals surface area contributed by atoms with Gasteiger partial charge in [-0.3, -0.25) is 4.79 Å². The van der Waals surface area contributed by atoms with E-state index in [4.69, 9.17) is 0 Å². The summed E-state index contributed by atoms with van der Waals surface area (Å²) in [5, 5.41) is 8.23. The van der Waals surface area contributed by atoms with Gasteiger partial charge in [0, 0.05) is 8.95 Å². The van der Waals surface area contributed by atoms with Crippen LogP contribution >= 0.6 is 54.5 Å². The summed E-state index contributed by atoms with van der Waals surface area (Å²) in [5.41, 5.74) is 1.73. The minimum absolute atomic E-state index is 0.198. The number of thiazole rings is 1. The van der Waals surface area contributed by atoms with Gasteiger partial charge in [-0.1, -0.05) is 61.4 Å². The van der Waals surface area contributed by atoms with E-state index in [1.54, 1.807) is 12.3 Å². The third-order valence-electron chi connectivity index (χ3n) is 3.64. The summed E-state index contributed by atoms with van der Waals surface area (Å²) in [6, 6.07) is 17.2. The van der Waals surface area contributed by atoms with Gasteiger partial charge in [-0.05, 0) is 47.3 Å². The lowest BCUT2D eigenvalue weighted by Gasteiger charge is -2.12. The number of thiophene rings is 1. The van der Waals surface area contributed by atoms with Gasteiger partial charge in [0.15, 0.2) is 0 Å². The number of halogens is 2. The molecule has 8 heteroatoms. The second-order valence-electron chi connectivity index (χ2n) is 5.50. The number of amides is 1. The first-order valence-electron chi connectivity index (χ1n) is 7.84. The van der Waals surface area contributed by atoms with Gasteiger partial charge in [0.05, 0.1) is 21.3 Å². The van der Waals surface area contributed by atoms with Gasteiger partial charge in [0.1, 0.15) is 0 Å². The molecular weight excluding hydrogens is 510 g/mol. The number of aromatic nitrogens is 1. The first kappa shape index (κ1) is 18.5. The number of benzene rings is 2. The summed E-state index contributed by atoms with van der Waals surface area (Å²) in [6.07, 6.45) is 1.67. The molecule has 4 rings (SSSR count). The number of hydrogen-bond donors (Lipinski definition) is 0. The predicted octanol–water partition coefficient (Wildman–Crippen LogP) is 6.56. The summed E-state index contributed by atoms with van der Waals surface area (Å²) < 4.78 is 2.95. The third kappa shape index (κ3) is 4.19. The number of anilines is 1. The van der Waals surface area contributed by atoms with Crippen LogP contribution < -0.4 is 5.01 Å². The highest BCUT2D eigenvalue weighted by Crippen LogP contribution is 2.32. The van der Waals surface area contributed by atoms with E-state index >= 15 is 0 Å². The van der Waals surface area contributed by atoms with Gasteiger partial charge < -0.3 is 0 Å². The van der Waals surface area contributed by atoms with Crippen LogP contribution in [0.15, 0.2) is 74.0 Å². The Morgan fingerprint density at radius 2 is 1.85 bits per heavy atom. The molecule has 134 valence electrons. The molecule has 0 atom stereocenters. The molecule has 4 nitrogen and oxygen atoms in total. The van der Waals surface area contributed by atoms with Crippen LogP contribution in [0.5, 0.6) is 0 Å². The molecule has 0 bridgehead atoms. The lowest BCUT2D eigenvalue weighted by atomic mass is 10.2. The van der Waals surface area contributed by atoms with Crippen LogP contribution in [0.3, 0.4) is 0 Å². The molecule has 0 N–H and O–H groups in total. The Labute approximate surface area is 180 Å². The lowest BCUT2D eigenvalue weighted by molar-refractivity contribution is 0.0991. The van der Waals surface area contributed by atoms with E-state index < -0.39 is 0 Å². The SMILES string of the molecule is O=C(c1cccs1)N(/N=C/c1ccc(Br)cc1)c1nc2ccc(Br)cc2s1. The van der Waals surface area contributed by atoms with Crippen LogP contribution in [0.4, 0.5) is 5.13 Å². The average molecular weight is 521 g/mol. The molecule has 1 amide bonds. The molecule has 0 fully saturated rings. The van der Waals surface area contributed by atoms with Crippen molar-refractivity contribution in [2.75, 3.05) is 5.01 Å². The quantitative estimate of drug-likeness (QED) is 0.226. The number of hydrazone groups is 1. The molecular formula is C19H11Br2N3OS2. The van der Waals surface area contributed by atoms with Gasteiger partial charge in [0.25, 0.3) is 5.91 Å². The second kappa shape index (κ2) is 8.02. The van der Waals surface area contributed by atoms with E-state index in [1.807, 2.05) is 53.9 Å². The first-order valence-corrected chi connectivity index (χ1v) is 11.1. The smallest absolute Gasteiger partial charge is 0.266 e. The van der Waals surface area contributed by atoms with Crippen molar-refractivity contribution in [2.24, 2.45) is 5.10 Å². The van der Waals surface area contributed by atoms with E-state index in [0.29, 0.717) is 10.0 Å². The molecule has 0 saturated heterocycles. The summed E-state index contributed by atoms with van der Waals surface area (Å²) in [6.45, 7) is 0. The zero-order valence-corrected chi connectivity index (χ0v) is 18.5. The van der Waals surface area contributed by atoms with Crippen molar-refractivity contribution in [3.63, 3.8) is 0 Å². The van der Waals surface area contributed by atoms with E-state index in [-0.39, 0.29) is 5.91 Å². The van der Waals surface area contributed by atoms with Crippen molar-refractivity contribution >= 4 is 82.0 Å². The topological polar surface area (TPSA) is 45.6 Å². The van der Waals surface area contributed by atoms with Crippen molar-refractivity contribution in [2.45, 2.75) is 0 Å². The van der Waals surface area contributed by atoms with Crippen molar-refractivity contribution in [3.05, 3.63) is 79.4 Å². The Bertz CT molecular complexity index is 1120. The third-order valence-corrected chi connectivity index (χ3v) is 6.51. The second-order valence-corrected chi connectivity index (χ2v) is 9.29. The van der Waals surface area contributed by atoms with Crippen LogP contribution in [0, 0.1) is 0 Å². The Balaban J connectivity index is 1.74. The van der Waals surface area contributed by atoms with Gasteiger partial charge in [0.2, 0.25) is 5.13 Å². The first-order chi connectivity index (χ1) is 13.1. The molecule has 2 heterocycles. The Hall–Kier alpha value is -1.87. The van der Waals surface area contributed by atoms with E-state index in [1.165, 1.54) is 27.7 Å². The molecule has 0 radical (unpaired) electrons. The monoisotopic (exact) mass is 519 g/mol. The number of carbonyl (C=O) groups is 1. The fourth-order valence-electron chi connectivity index (χ4n) is 2.34. The summed E-state index contributed by atoms with van der Waals surface area (Å²) in [4.78, 5) is 18.2. The number of hydrogen-bond acceptors (Lipinski definition) is 5. The normalized spacial score (nSPS) is 11.3.